The van der Waals surface area contributed by atoms with E-state index < -0.39 is 9.84 Å². The smallest absolute Gasteiger partial charge is 0.182 e. The molecule has 0 atom stereocenters. The Labute approximate surface area is 164 Å². The summed E-state index contributed by atoms with van der Waals surface area (Å²) in [7, 11) is -3.33. The molecule has 0 radical (unpaired) electrons. The molecule has 0 aromatic heterocycles. The van der Waals surface area contributed by atoms with Gasteiger partial charge in [-0.25, -0.2) is 8.42 Å². The Bertz CT molecular complexity index is 750. The summed E-state index contributed by atoms with van der Waals surface area (Å²) < 4.78 is 25.3. The Morgan fingerprint density at radius 2 is 1.65 bits per heavy atom. The van der Waals surface area contributed by atoms with Gasteiger partial charge in [-0.3, -0.25) is 0 Å². The summed E-state index contributed by atoms with van der Waals surface area (Å²) in [4.78, 5) is 0.372. The fourth-order valence-corrected chi connectivity index (χ4v) is 4.26. The second-order valence-corrected chi connectivity index (χ2v) is 9.35. The van der Waals surface area contributed by atoms with Crippen LogP contribution in [0.4, 0.5) is 0 Å². The fourth-order valence-electron chi connectivity index (χ4n) is 2.54. The molecule has 0 spiro atoms. The van der Waals surface area contributed by atoms with E-state index in [0.717, 1.165) is 30.4 Å². The van der Waals surface area contributed by atoms with Crippen molar-refractivity contribution < 1.29 is 8.42 Å². The molecule has 0 N–H and O–H groups in total. The van der Waals surface area contributed by atoms with E-state index >= 15 is 0 Å². The lowest BCUT2D eigenvalue weighted by Crippen LogP contribution is -2.09. The first-order valence-electron chi connectivity index (χ1n) is 9.07. The molecule has 0 saturated carbocycles. The molecule has 144 valence electrons. The minimum absolute atomic E-state index is 0.0352. The number of aryl methyl sites for hydroxylation is 1. The van der Waals surface area contributed by atoms with Crippen LogP contribution in [0, 0.1) is 6.92 Å². The average molecular weight is 395 g/mol. The van der Waals surface area contributed by atoms with E-state index in [9.17, 15) is 8.42 Å². The molecule has 0 aliphatic heterocycles. The number of hydrogen-bond donors (Lipinski definition) is 0. The molecule has 1 aromatic carbocycles. The minimum Gasteiger partial charge on any atom is -0.223 e. The number of allylic oxidation sites excluding steroid dienone is 5. The maximum Gasteiger partial charge on any atom is 0.182 e. The average Bonchev–Trinajstić information content (AvgIpc) is 2.54. The van der Waals surface area contributed by atoms with Crippen molar-refractivity contribution >= 4 is 21.4 Å². The van der Waals surface area contributed by atoms with Gasteiger partial charge in [0.2, 0.25) is 0 Å². The number of benzene rings is 1. The van der Waals surface area contributed by atoms with Gasteiger partial charge in [0.1, 0.15) is 0 Å². The zero-order valence-electron chi connectivity index (χ0n) is 16.4. The van der Waals surface area contributed by atoms with Gasteiger partial charge in [0.05, 0.1) is 10.6 Å². The first-order chi connectivity index (χ1) is 12.2. The van der Waals surface area contributed by atoms with Gasteiger partial charge in [0, 0.05) is 5.88 Å². The molecule has 0 saturated heterocycles. The van der Waals surface area contributed by atoms with Crippen LogP contribution in [0.3, 0.4) is 0 Å². The lowest BCUT2D eigenvalue weighted by molar-refractivity contribution is 0.597. The number of rotatable bonds is 10. The number of halogens is 1. The van der Waals surface area contributed by atoms with Gasteiger partial charge in [-0.05, 0) is 65.5 Å². The van der Waals surface area contributed by atoms with Gasteiger partial charge in [-0.2, -0.15) is 0 Å². The highest BCUT2D eigenvalue weighted by atomic mass is 35.5. The zero-order valence-corrected chi connectivity index (χ0v) is 18.0. The largest absolute Gasteiger partial charge is 0.223 e. The molecule has 0 amide bonds. The lowest BCUT2D eigenvalue weighted by atomic mass is 10.1. The molecule has 0 fully saturated rings. The van der Waals surface area contributed by atoms with Crippen molar-refractivity contribution in [2.75, 3.05) is 11.6 Å². The fraction of sp³-hybridized carbons (Fsp3) is 0.455. The van der Waals surface area contributed by atoms with E-state index in [4.69, 9.17) is 11.6 Å². The molecule has 0 unspecified atom stereocenters. The van der Waals surface area contributed by atoms with E-state index in [1.54, 1.807) is 12.1 Å². The third-order valence-corrected chi connectivity index (χ3v) is 6.07. The molecule has 0 bridgehead atoms. The van der Waals surface area contributed by atoms with E-state index in [0.29, 0.717) is 17.2 Å². The third kappa shape index (κ3) is 8.86. The van der Waals surface area contributed by atoms with E-state index in [1.807, 2.05) is 25.1 Å². The number of sulfone groups is 1. The highest BCUT2D eigenvalue weighted by molar-refractivity contribution is 7.91. The summed E-state index contributed by atoms with van der Waals surface area (Å²) in [6.45, 7) is 8.28. The van der Waals surface area contributed by atoms with Gasteiger partial charge < -0.3 is 0 Å². The van der Waals surface area contributed by atoms with E-state index in [2.05, 4.69) is 32.9 Å². The van der Waals surface area contributed by atoms with Crippen molar-refractivity contribution in [2.45, 2.75) is 58.3 Å². The van der Waals surface area contributed by atoms with Gasteiger partial charge in [0.25, 0.3) is 0 Å². The maximum atomic E-state index is 12.6. The van der Waals surface area contributed by atoms with Crippen molar-refractivity contribution in [1.82, 2.24) is 0 Å². The van der Waals surface area contributed by atoms with E-state index in [1.165, 1.54) is 11.1 Å². The van der Waals surface area contributed by atoms with Crippen LogP contribution in [0.1, 0.15) is 52.0 Å². The molecule has 0 aliphatic carbocycles. The Hall–Kier alpha value is -1.32. The normalized spacial score (nSPS) is 13.0. The molecule has 2 nitrogen and oxygen atoms in total. The van der Waals surface area contributed by atoms with Crippen molar-refractivity contribution in [3.63, 3.8) is 0 Å². The Kier molecular flexibility index (Phi) is 9.97. The van der Waals surface area contributed by atoms with Crippen molar-refractivity contribution in [3.8, 4) is 0 Å². The third-order valence-electron chi connectivity index (χ3n) is 4.14. The van der Waals surface area contributed by atoms with Crippen LogP contribution < -0.4 is 0 Å². The Morgan fingerprint density at radius 1 is 1.00 bits per heavy atom. The van der Waals surface area contributed by atoms with Gasteiger partial charge in [-0.1, -0.05) is 52.6 Å². The topological polar surface area (TPSA) is 34.1 Å². The second-order valence-electron chi connectivity index (χ2n) is 6.98. The maximum absolute atomic E-state index is 12.6. The summed E-state index contributed by atoms with van der Waals surface area (Å²) in [5, 5.41) is 0. The van der Waals surface area contributed by atoms with Crippen molar-refractivity contribution in [3.05, 3.63) is 64.8 Å². The van der Waals surface area contributed by atoms with Crippen LogP contribution in [-0.4, -0.2) is 20.1 Å². The van der Waals surface area contributed by atoms with Gasteiger partial charge >= 0.3 is 0 Å². The van der Waals surface area contributed by atoms with Crippen LogP contribution in [0.2, 0.25) is 0 Å². The lowest BCUT2D eigenvalue weighted by Gasteiger charge is -2.08. The van der Waals surface area contributed by atoms with Crippen LogP contribution >= 0.6 is 11.6 Å². The summed E-state index contributed by atoms with van der Waals surface area (Å²) in [5.41, 5.74) is 4.59. The minimum atomic E-state index is -3.33. The summed E-state index contributed by atoms with van der Waals surface area (Å²) >= 11 is 5.87. The summed E-state index contributed by atoms with van der Waals surface area (Å²) in [6.07, 6.45) is 9.84. The monoisotopic (exact) mass is 394 g/mol. The Balaban J connectivity index is 2.76. The number of hydrogen-bond acceptors (Lipinski definition) is 2. The summed E-state index contributed by atoms with van der Waals surface area (Å²) in [5.74, 6) is 0.464. The Morgan fingerprint density at radius 3 is 2.23 bits per heavy atom. The molecule has 0 aliphatic rings. The standard InChI is InChI=1S/C22H31ClO2S/c1-18(2)7-5-8-19(3)9-6-10-21(15-16-23)17-26(24,25)22-13-11-20(4)12-14-22/h7,9-14H,5-6,8,15-17H2,1-4H3/b19-9-,21-10+. The zero-order chi connectivity index (χ0) is 19.6. The van der Waals surface area contributed by atoms with Crippen LogP contribution in [0.5, 0.6) is 0 Å². The predicted molar refractivity (Wildman–Crippen MR) is 114 cm³/mol. The van der Waals surface area contributed by atoms with Crippen molar-refractivity contribution in [2.24, 2.45) is 0 Å². The SMILES string of the molecule is CC(C)=CCC/C(C)=C\C/C=C(\CCCl)CS(=O)(=O)c1ccc(C)cc1. The summed E-state index contributed by atoms with van der Waals surface area (Å²) in [6, 6.07) is 7.01. The molecule has 1 aromatic rings. The molecule has 26 heavy (non-hydrogen) atoms. The molecular formula is C22H31ClO2S. The predicted octanol–water partition coefficient (Wildman–Crippen LogP) is 6.41. The van der Waals surface area contributed by atoms with Crippen LogP contribution in [-0.2, 0) is 9.84 Å². The van der Waals surface area contributed by atoms with Crippen LogP contribution in [0.25, 0.3) is 0 Å². The highest BCUT2D eigenvalue weighted by Crippen LogP contribution is 2.18. The first kappa shape index (κ1) is 22.7. The second kappa shape index (κ2) is 11.4. The molecule has 1 rings (SSSR count). The van der Waals surface area contributed by atoms with E-state index in [-0.39, 0.29) is 5.75 Å². The molecule has 4 heteroatoms. The highest BCUT2D eigenvalue weighted by Gasteiger charge is 2.16. The van der Waals surface area contributed by atoms with Crippen molar-refractivity contribution in [1.29, 1.82) is 0 Å². The van der Waals surface area contributed by atoms with Crippen LogP contribution in [0.15, 0.2) is 64.1 Å². The quantitative estimate of drug-likeness (QED) is 0.339. The first-order valence-corrected chi connectivity index (χ1v) is 11.3. The van der Waals surface area contributed by atoms with Gasteiger partial charge in [-0.15, -0.1) is 11.6 Å². The van der Waals surface area contributed by atoms with Gasteiger partial charge in [0.15, 0.2) is 9.84 Å². The molecular weight excluding hydrogens is 364 g/mol. The molecule has 0 heterocycles. The number of alkyl halides is 1.